The molecule has 0 heterocycles. The molecule has 1 atom stereocenters. The van der Waals surface area contributed by atoms with Crippen molar-refractivity contribution >= 4 is 39.1 Å². The summed E-state index contributed by atoms with van der Waals surface area (Å²) in [7, 11) is -4.10. The molecule has 0 aliphatic carbocycles. The normalized spacial score (nSPS) is 12.0. The average Bonchev–Trinajstić information content (AvgIpc) is 2.92. The second-order valence-electron chi connectivity index (χ2n) is 9.37. The standard InChI is InChI=1S/C29H32ClF2N3O4S/c1-3-4-16-33-29(37)27(17-21-8-6-5-7-9-21)34(19-22-10-12-23(30)13-11-22)28(36)20-35(40(2,38)39)24-14-15-25(31)26(32)18-24/h5-15,18,27H,3-4,16-17,19-20H2,1-2H3,(H,33,37)/t27-/m1/s1. The first kappa shape index (κ1) is 31.0. The molecule has 3 aromatic rings. The molecule has 0 fully saturated rings. The monoisotopic (exact) mass is 591 g/mol. The van der Waals surface area contributed by atoms with Gasteiger partial charge in [0.15, 0.2) is 11.6 Å². The highest BCUT2D eigenvalue weighted by molar-refractivity contribution is 7.92. The summed E-state index contributed by atoms with van der Waals surface area (Å²) in [4.78, 5) is 28.7. The van der Waals surface area contributed by atoms with E-state index in [0.29, 0.717) is 27.5 Å². The number of nitrogens with zero attached hydrogens (tertiary/aromatic N) is 2. The third kappa shape index (κ3) is 8.76. The molecule has 0 aromatic heterocycles. The van der Waals surface area contributed by atoms with E-state index >= 15 is 0 Å². The van der Waals surface area contributed by atoms with E-state index in [0.717, 1.165) is 36.8 Å². The molecule has 0 saturated heterocycles. The number of carbonyl (C=O) groups is 2. The number of nitrogens with one attached hydrogen (secondary N) is 1. The van der Waals surface area contributed by atoms with E-state index in [-0.39, 0.29) is 18.7 Å². The van der Waals surface area contributed by atoms with Gasteiger partial charge in [-0.3, -0.25) is 13.9 Å². The predicted octanol–water partition coefficient (Wildman–Crippen LogP) is 4.94. The lowest BCUT2D eigenvalue weighted by atomic mass is 10.0. The first-order valence-corrected chi connectivity index (χ1v) is 15.0. The average molecular weight is 592 g/mol. The summed E-state index contributed by atoms with van der Waals surface area (Å²) in [5.41, 5.74) is 1.25. The zero-order valence-corrected chi connectivity index (χ0v) is 23.9. The Hall–Kier alpha value is -3.50. The first-order chi connectivity index (χ1) is 19.0. The Balaban J connectivity index is 2.03. The van der Waals surface area contributed by atoms with E-state index in [1.165, 1.54) is 4.90 Å². The quantitative estimate of drug-likeness (QED) is 0.285. The SMILES string of the molecule is CCCCNC(=O)[C@@H](Cc1ccccc1)N(Cc1ccc(Cl)cc1)C(=O)CN(c1ccc(F)c(F)c1)S(C)(=O)=O. The summed E-state index contributed by atoms with van der Waals surface area (Å²) < 4.78 is 53.7. The lowest BCUT2D eigenvalue weighted by molar-refractivity contribution is -0.140. The second-order valence-corrected chi connectivity index (χ2v) is 11.7. The lowest BCUT2D eigenvalue weighted by Gasteiger charge is -2.33. The van der Waals surface area contributed by atoms with Gasteiger partial charge >= 0.3 is 0 Å². The van der Waals surface area contributed by atoms with Crippen LogP contribution in [-0.4, -0.2) is 50.5 Å². The van der Waals surface area contributed by atoms with Crippen LogP contribution < -0.4 is 9.62 Å². The molecule has 0 aliphatic rings. The Kier molecular flexibility index (Phi) is 11.0. The van der Waals surface area contributed by atoms with E-state index in [1.54, 1.807) is 24.3 Å². The molecule has 3 rings (SSSR count). The Bertz CT molecular complexity index is 1410. The number of unbranched alkanes of at least 4 members (excludes halogenated alkanes) is 1. The van der Waals surface area contributed by atoms with Gasteiger partial charge in [0.25, 0.3) is 0 Å². The molecule has 11 heteroatoms. The van der Waals surface area contributed by atoms with Crippen LogP contribution in [0.2, 0.25) is 5.02 Å². The number of anilines is 1. The summed E-state index contributed by atoms with van der Waals surface area (Å²) in [5, 5.41) is 3.37. The van der Waals surface area contributed by atoms with Crippen LogP contribution >= 0.6 is 11.6 Å². The van der Waals surface area contributed by atoms with Crippen LogP contribution in [0.3, 0.4) is 0 Å². The fraction of sp³-hybridized carbons (Fsp3) is 0.310. The minimum Gasteiger partial charge on any atom is -0.354 e. The van der Waals surface area contributed by atoms with Gasteiger partial charge in [-0.1, -0.05) is 67.4 Å². The number of amides is 2. The summed E-state index contributed by atoms with van der Waals surface area (Å²) in [5.74, 6) is -3.50. The molecular weight excluding hydrogens is 560 g/mol. The molecule has 0 spiro atoms. The van der Waals surface area contributed by atoms with Gasteiger partial charge in [0.1, 0.15) is 12.6 Å². The molecule has 214 valence electrons. The Labute approximate surface area is 238 Å². The van der Waals surface area contributed by atoms with Crippen molar-refractivity contribution in [2.24, 2.45) is 0 Å². The highest BCUT2D eigenvalue weighted by Crippen LogP contribution is 2.23. The van der Waals surface area contributed by atoms with Crippen LogP contribution in [0.15, 0.2) is 72.8 Å². The van der Waals surface area contributed by atoms with Gasteiger partial charge in [-0.15, -0.1) is 0 Å². The molecule has 0 saturated carbocycles. The highest BCUT2D eigenvalue weighted by Gasteiger charge is 2.33. The molecular formula is C29H32ClF2N3O4S. The molecule has 0 bridgehead atoms. The van der Waals surface area contributed by atoms with Crippen LogP contribution in [0.4, 0.5) is 14.5 Å². The maximum absolute atomic E-state index is 14.0. The van der Waals surface area contributed by atoms with Crippen LogP contribution in [0.5, 0.6) is 0 Å². The highest BCUT2D eigenvalue weighted by atomic mass is 35.5. The smallest absolute Gasteiger partial charge is 0.244 e. The number of hydrogen-bond donors (Lipinski definition) is 1. The molecule has 7 nitrogen and oxygen atoms in total. The van der Waals surface area contributed by atoms with Crippen LogP contribution in [-0.2, 0) is 32.6 Å². The number of benzene rings is 3. The van der Waals surface area contributed by atoms with Crippen LogP contribution in [0.1, 0.15) is 30.9 Å². The second kappa shape index (κ2) is 14.2. The molecule has 2 amide bonds. The third-order valence-corrected chi connectivity index (χ3v) is 7.63. The van der Waals surface area contributed by atoms with Gasteiger partial charge in [0.2, 0.25) is 21.8 Å². The summed E-state index contributed by atoms with van der Waals surface area (Å²) in [6, 6.07) is 17.5. The van der Waals surface area contributed by atoms with E-state index in [1.807, 2.05) is 37.3 Å². The summed E-state index contributed by atoms with van der Waals surface area (Å²) >= 11 is 6.04. The topological polar surface area (TPSA) is 86.8 Å². The van der Waals surface area contributed by atoms with Gasteiger partial charge in [-0.2, -0.15) is 0 Å². The van der Waals surface area contributed by atoms with Crippen molar-refractivity contribution < 1.29 is 26.8 Å². The maximum Gasteiger partial charge on any atom is 0.244 e. The van der Waals surface area contributed by atoms with Crippen LogP contribution in [0.25, 0.3) is 0 Å². The summed E-state index contributed by atoms with van der Waals surface area (Å²) in [6.45, 7) is 1.64. The fourth-order valence-corrected chi connectivity index (χ4v) is 5.07. The zero-order valence-electron chi connectivity index (χ0n) is 22.3. The third-order valence-electron chi connectivity index (χ3n) is 6.24. The largest absolute Gasteiger partial charge is 0.354 e. The van der Waals surface area contributed by atoms with Crippen molar-refractivity contribution in [3.63, 3.8) is 0 Å². The van der Waals surface area contributed by atoms with E-state index in [2.05, 4.69) is 5.32 Å². The van der Waals surface area contributed by atoms with Gasteiger partial charge in [-0.25, -0.2) is 17.2 Å². The van der Waals surface area contributed by atoms with Crippen LogP contribution in [0, 0.1) is 11.6 Å². The van der Waals surface area contributed by atoms with Gasteiger partial charge in [0, 0.05) is 30.6 Å². The number of hydrogen-bond acceptors (Lipinski definition) is 4. The zero-order chi connectivity index (χ0) is 29.3. The molecule has 0 unspecified atom stereocenters. The van der Waals surface area contributed by atoms with E-state index < -0.39 is 46.1 Å². The van der Waals surface area contributed by atoms with Crippen molar-refractivity contribution in [2.75, 3.05) is 23.7 Å². The number of halogens is 3. The number of rotatable bonds is 13. The first-order valence-electron chi connectivity index (χ1n) is 12.8. The Morgan fingerprint density at radius 2 is 1.62 bits per heavy atom. The minimum absolute atomic E-state index is 0.0237. The molecule has 3 aromatic carbocycles. The lowest BCUT2D eigenvalue weighted by Crippen LogP contribution is -2.53. The molecule has 1 N–H and O–H groups in total. The molecule has 40 heavy (non-hydrogen) atoms. The van der Waals surface area contributed by atoms with E-state index in [4.69, 9.17) is 11.6 Å². The number of carbonyl (C=O) groups excluding carboxylic acids is 2. The fourth-order valence-electron chi connectivity index (χ4n) is 4.10. The van der Waals surface area contributed by atoms with Crippen molar-refractivity contribution in [2.45, 2.75) is 38.8 Å². The van der Waals surface area contributed by atoms with Crippen molar-refractivity contribution in [3.8, 4) is 0 Å². The Morgan fingerprint density at radius 3 is 2.23 bits per heavy atom. The van der Waals surface area contributed by atoms with Crippen molar-refractivity contribution in [1.82, 2.24) is 10.2 Å². The maximum atomic E-state index is 14.0. The minimum atomic E-state index is -4.10. The van der Waals surface area contributed by atoms with Crippen molar-refractivity contribution in [3.05, 3.63) is 101 Å². The van der Waals surface area contributed by atoms with E-state index in [9.17, 15) is 26.8 Å². The van der Waals surface area contributed by atoms with Gasteiger partial charge < -0.3 is 10.2 Å². The molecule has 0 radical (unpaired) electrons. The van der Waals surface area contributed by atoms with Crippen molar-refractivity contribution in [1.29, 1.82) is 0 Å². The Morgan fingerprint density at radius 1 is 0.950 bits per heavy atom. The number of sulfonamides is 1. The summed E-state index contributed by atoms with van der Waals surface area (Å²) in [6.07, 6.45) is 2.63. The molecule has 0 aliphatic heterocycles. The van der Waals surface area contributed by atoms with Gasteiger partial charge in [-0.05, 0) is 41.8 Å². The predicted molar refractivity (Wildman–Crippen MR) is 152 cm³/mol. The van der Waals surface area contributed by atoms with Gasteiger partial charge in [0.05, 0.1) is 11.9 Å².